The van der Waals surface area contributed by atoms with Crippen molar-refractivity contribution >= 4 is 5.97 Å². The fourth-order valence-electron chi connectivity index (χ4n) is 6.36. The highest BCUT2D eigenvalue weighted by Gasteiger charge is 2.27. The number of hydrogen-bond donors (Lipinski definition) is 1. The molecule has 1 aliphatic carbocycles. The van der Waals surface area contributed by atoms with Crippen molar-refractivity contribution in [3.8, 4) is 5.75 Å². The minimum atomic E-state index is -0.956. The number of rotatable bonds is 14. The van der Waals surface area contributed by atoms with Gasteiger partial charge in [-0.05, 0) is 95.8 Å². The second-order valence-corrected chi connectivity index (χ2v) is 11.9. The lowest BCUT2D eigenvalue weighted by molar-refractivity contribution is -0.148. The number of benzene rings is 4. The van der Waals surface area contributed by atoms with Crippen LogP contribution in [0.1, 0.15) is 63.9 Å². The Labute approximate surface area is 262 Å². The number of carboxylic acids is 1. The van der Waals surface area contributed by atoms with E-state index in [1.807, 2.05) is 24.3 Å². The predicted octanol–water partition coefficient (Wildman–Crippen LogP) is 7.27. The van der Waals surface area contributed by atoms with E-state index in [0.717, 1.165) is 56.4 Å². The Morgan fingerprint density at radius 1 is 0.818 bits per heavy atom. The van der Waals surface area contributed by atoms with E-state index in [9.17, 15) is 9.90 Å². The molecule has 2 unspecified atom stereocenters. The first kappa shape index (κ1) is 31.5. The molecule has 4 aromatic carbocycles. The first-order valence-electron chi connectivity index (χ1n) is 15.9. The van der Waals surface area contributed by atoms with Crippen molar-refractivity contribution in [3.05, 3.63) is 136 Å². The molecule has 4 aromatic rings. The van der Waals surface area contributed by atoms with Crippen LogP contribution in [0.4, 0.5) is 0 Å². The number of fused-ring (bicyclic) bond motifs is 2. The quantitative estimate of drug-likeness (QED) is 0.167. The molecule has 0 amide bonds. The topological polar surface area (TPSA) is 59.0 Å². The monoisotopic (exact) mass is 591 g/mol. The average Bonchev–Trinajstić information content (AvgIpc) is 3.20. The van der Waals surface area contributed by atoms with Crippen LogP contribution in [0.15, 0.2) is 91.0 Å². The van der Waals surface area contributed by atoms with Gasteiger partial charge in [-0.1, -0.05) is 92.2 Å². The third-order valence-electron chi connectivity index (χ3n) is 8.81. The van der Waals surface area contributed by atoms with E-state index in [2.05, 4.69) is 85.6 Å². The van der Waals surface area contributed by atoms with Crippen LogP contribution in [0, 0.1) is 0 Å². The highest BCUT2D eigenvalue weighted by molar-refractivity contribution is 5.72. The van der Waals surface area contributed by atoms with Crippen LogP contribution in [-0.2, 0) is 48.1 Å². The van der Waals surface area contributed by atoms with Crippen LogP contribution < -0.4 is 4.74 Å². The first-order valence-corrected chi connectivity index (χ1v) is 15.9. The van der Waals surface area contributed by atoms with Gasteiger partial charge in [-0.2, -0.15) is 0 Å². The summed E-state index contributed by atoms with van der Waals surface area (Å²) in [6.45, 7) is 3.56. The summed E-state index contributed by atoms with van der Waals surface area (Å²) < 4.78 is 11.3. The van der Waals surface area contributed by atoms with E-state index in [1.54, 1.807) is 0 Å². The standard InChI is InChI=1S/C39H45NO4/c1-4-8-29-16-22-35-33(25-29)19-18-32-17-13-30(12-11-28-9-6-5-7-10-28)26-36(32)38(35)40(2)23-24-44-34-20-14-31(15-21-34)27-37(43-3)39(41)42/h5-7,9-10,13-17,20-22,25-26,37-38H,4,8,11-12,18-19,23-24,27H2,1-3H3,(H,41,42). The number of ether oxygens (including phenoxy) is 2. The minimum Gasteiger partial charge on any atom is -0.492 e. The van der Waals surface area contributed by atoms with Gasteiger partial charge in [0.1, 0.15) is 12.4 Å². The maximum absolute atomic E-state index is 11.3. The molecule has 0 spiro atoms. The summed E-state index contributed by atoms with van der Waals surface area (Å²) in [5.74, 6) is -0.178. The predicted molar refractivity (Wildman–Crippen MR) is 177 cm³/mol. The van der Waals surface area contributed by atoms with Gasteiger partial charge < -0.3 is 14.6 Å². The minimum absolute atomic E-state index is 0.155. The Morgan fingerprint density at radius 2 is 1.50 bits per heavy atom. The summed E-state index contributed by atoms with van der Waals surface area (Å²) in [4.78, 5) is 13.8. The number of aliphatic carboxylic acids is 1. The Hall–Kier alpha value is -3.93. The van der Waals surface area contributed by atoms with E-state index in [4.69, 9.17) is 9.47 Å². The van der Waals surface area contributed by atoms with Gasteiger partial charge in [0.2, 0.25) is 0 Å². The third-order valence-corrected chi connectivity index (χ3v) is 8.81. The molecule has 230 valence electrons. The summed E-state index contributed by atoms with van der Waals surface area (Å²) in [5, 5.41) is 9.28. The Morgan fingerprint density at radius 3 is 2.23 bits per heavy atom. The van der Waals surface area contributed by atoms with Crippen LogP contribution in [0.25, 0.3) is 0 Å². The number of likely N-dealkylation sites (N-methyl/N-ethyl adjacent to an activating group) is 1. The van der Waals surface area contributed by atoms with Crippen molar-refractivity contribution in [1.82, 2.24) is 4.90 Å². The van der Waals surface area contributed by atoms with E-state index in [1.165, 1.54) is 46.1 Å². The zero-order chi connectivity index (χ0) is 30.9. The van der Waals surface area contributed by atoms with Crippen LogP contribution in [0.5, 0.6) is 5.75 Å². The second-order valence-electron chi connectivity index (χ2n) is 11.9. The molecular formula is C39H45NO4. The van der Waals surface area contributed by atoms with Crippen molar-refractivity contribution in [2.24, 2.45) is 0 Å². The number of nitrogens with zero attached hydrogens (tertiary/aromatic N) is 1. The highest BCUT2D eigenvalue weighted by Crippen LogP contribution is 2.37. The van der Waals surface area contributed by atoms with Crippen molar-refractivity contribution in [1.29, 1.82) is 0 Å². The zero-order valence-electron chi connectivity index (χ0n) is 26.3. The van der Waals surface area contributed by atoms with Crippen molar-refractivity contribution < 1.29 is 19.4 Å². The van der Waals surface area contributed by atoms with Gasteiger partial charge in [-0.25, -0.2) is 4.79 Å². The maximum atomic E-state index is 11.3. The average molecular weight is 592 g/mol. The number of methoxy groups -OCH3 is 1. The molecule has 0 bridgehead atoms. The van der Waals surface area contributed by atoms with E-state index in [-0.39, 0.29) is 6.04 Å². The van der Waals surface area contributed by atoms with Gasteiger partial charge in [0.05, 0.1) is 6.04 Å². The Kier molecular flexibility index (Phi) is 10.9. The SMILES string of the molecule is CCCc1ccc2c(c1)CCc1ccc(CCc3ccccc3)cc1C2N(C)CCOc1ccc(CC(OC)C(=O)O)cc1. The maximum Gasteiger partial charge on any atom is 0.333 e. The molecule has 1 aliphatic rings. The molecule has 5 nitrogen and oxygen atoms in total. The summed E-state index contributed by atoms with van der Waals surface area (Å²) >= 11 is 0. The Balaban J connectivity index is 1.33. The third kappa shape index (κ3) is 7.96. The molecule has 5 rings (SSSR count). The normalized spacial score (nSPS) is 14.9. The molecule has 0 radical (unpaired) electrons. The lowest BCUT2D eigenvalue weighted by atomic mass is 9.90. The van der Waals surface area contributed by atoms with Crippen LogP contribution in [0.2, 0.25) is 0 Å². The summed E-state index contributed by atoms with van der Waals surface area (Å²) in [7, 11) is 3.64. The Bertz CT molecular complexity index is 1520. The molecule has 44 heavy (non-hydrogen) atoms. The van der Waals surface area contributed by atoms with Gasteiger partial charge in [-0.3, -0.25) is 4.90 Å². The van der Waals surface area contributed by atoms with Crippen molar-refractivity contribution in [2.75, 3.05) is 27.3 Å². The van der Waals surface area contributed by atoms with Crippen molar-refractivity contribution in [2.45, 2.75) is 64.0 Å². The molecule has 0 fully saturated rings. The molecule has 0 heterocycles. The van der Waals surface area contributed by atoms with E-state index >= 15 is 0 Å². The molecule has 5 heteroatoms. The molecule has 1 N–H and O–H groups in total. The van der Waals surface area contributed by atoms with Gasteiger partial charge in [0, 0.05) is 20.1 Å². The number of aryl methyl sites for hydroxylation is 5. The molecule has 0 saturated carbocycles. The fraction of sp³-hybridized carbons (Fsp3) is 0.359. The fourth-order valence-corrected chi connectivity index (χ4v) is 6.36. The highest BCUT2D eigenvalue weighted by atomic mass is 16.5. The molecule has 2 atom stereocenters. The molecule has 0 aliphatic heterocycles. The summed E-state index contributed by atoms with van der Waals surface area (Å²) in [6, 6.07) is 32.8. The van der Waals surface area contributed by atoms with E-state index < -0.39 is 12.1 Å². The van der Waals surface area contributed by atoms with Crippen LogP contribution in [-0.4, -0.2) is 49.4 Å². The van der Waals surface area contributed by atoms with Gasteiger partial charge in [-0.15, -0.1) is 0 Å². The summed E-state index contributed by atoms with van der Waals surface area (Å²) in [5.41, 5.74) is 10.8. The number of carbonyl (C=O) groups is 1. The van der Waals surface area contributed by atoms with Gasteiger partial charge >= 0.3 is 5.97 Å². The van der Waals surface area contributed by atoms with Crippen molar-refractivity contribution in [3.63, 3.8) is 0 Å². The zero-order valence-corrected chi connectivity index (χ0v) is 26.3. The lowest BCUT2D eigenvalue weighted by Crippen LogP contribution is -2.30. The van der Waals surface area contributed by atoms with Crippen LogP contribution >= 0.6 is 0 Å². The molecule has 0 aromatic heterocycles. The van der Waals surface area contributed by atoms with Gasteiger partial charge in [0.25, 0.3) is 0 Å². The number of hydrogen-bond acceptors (Lipinski definition) is 4. The lowest BCUT2D eigenvalue weighted by Gasteiger charge is -2.31. The number of carboxylic acid groups (broad SMARTS) is 1. The van der Waals surface area contributed by atoms with Crippen LogP contribution in [0.3, 0.4) is 0 Å². The first-order chi connectivity index (χ1) is 21.4. The smallest absolute Gasteiger partial charge is 0.333 e. The summed E-state index contributed by atoms with van der Waals surface area (Å²) in [6.07, 6.45) is 5.90. The molecular weight excluding hydrogens is 546 g/mol. The largest absolute Gasteiger partial charge is 0.492 e. The van der Waals surface area contributed by atoms with E-state index in [0.29, 0.717) is 13.0 Å². The molecule has 0 saturated heterocycles. The van der Waals surface area contributed by atoms with Gasteiger partial charge in [0.15, 0.2) is 6.10 Å². The second kappa shape index (κ2) is 15.2.